The smallest absolute Gasteiger partial charge is 0.124 e. The predicted octanol–water partition coefficient (Wildman–Crippen LogP) is 6.40. The molecule has 2 nitrogen and oxygen atoms in total. The largest absolute Gasteiger partial charge is 0.496 e. The van der Waals surface area contributed by atoms with Crippen molar-refractivity contribution in [3.63, 3.8) is 0 Å². The van der Waals surface area contributed by atoms with Crippen LogP contribution >= 0.6 is 23.2 Å². The third-order valence-electron chi connectivity index (χ3n) is 4.18. The van der Waals surface area contributed by atoms with Crippen LogP contribution in [-0.2, 0) is 11.8 Å². The summed E-state index contributed by atoms with van der Waals surface area (Å²) in [5.74, 6) is 3.81. The maximum Gasteiger partial charge on any atom is 0.124 e. The van der Waals surface area contributed by atoms with Crippen LogP contribution in [0.15, 0.2) is 12.1 Å². The fourth-order valence-electron chi connectivity index (χ4n) is 2.66. The zero-order valence-corrected chi connectivity index (χ0v) is 16.3. The Labute approximate surface area is 151 Å². The summed E-state index contributed by atoms with van der Waals surface area (Å²) in [4.78, 5) is 0. The molecular weight excluding hydrogens is 331 g/mol. The molecular formula is C19H30Cl2O2. The summed E-state index contributed by atoms with van der Waals surface area (Å²) in [5.41, 5.74) is 1.86. The molecule has 0 heterocycles. The van der Waals surface area contributed by atoms with Crippen LogP contribution in [0.5, 0.6) is 11.5 Å². The molecule has 1 rings (SSSR count). The molecule has 1 unspecified atom stereocenters. The second-order valence-electron chi connectivity index (χ2n) is 6.56. The van der Waals surface area contributed by atoms with Gasteiger partial charge in [0.2, 0.25) is 0 Å². The summed E-state index contributed by atoms with van der Waals surface area (Å²) in [7, 11) is 1.64. The van der Waals surface area contributed by atoms with Gasteiger partial charge in [0.05, 0.1) is 25.5 Å². The predicted molar refractivity (Wildman–Crippen MR) is 100 cm³/mol. The highest BCUT2D eigenvalue weighted by molar-refractivity contribution is 6.19. The number of alkyl halides is 2. The second kappa shape index (κ2) is 11.0. The molecule has 0 aliphatic heterocycles. The van der Waals surface area contributed by atoms with E-state index in [0.717, 1.165) is 35.0 Å². The third-order valence-corrected chi connectivity index (χ3v) is 4.71. The minimum atomic E-state index is 0.369. The van der Waals surface area contributed by atoms with Crippen LogP contribution in [0.1, 0.15) is 57.6 Å². The van der Waals surface area contributed by atoms with Crippen molar-refractivity contribution in [2.45, 2.75) is 58.2 Å². The number of ether oxygens (including phenoxy) is 2. The Balaban J connectivity index is 2.54. The fraction of sp³-hybridized carbons (Fsp3) is 0.684. The lowest BCUT2D eigenvalue weighted by molar-refractivity contribution is 0.273. The molecule has 132 valence electrons. The van der Waals surface area contributed by atoms with Gasteiger partial charge in [-0.3, -0.25) is 0 Å². The standard InChI is InChI=1S/C19H30Cl2O2/c1-14(2)6-5-7-15(3)10-11-23-19-9-8-18(22-4)16(12-20)17(19)13-21/h8-9,14-15H,5-7,10-13H2,1-4H3. The van der Waals surface area contributed by atoms with E-state index in [1.165, 1.54) is 19.3 Å². The summed E-state index contributed by atoms with van der Waals surface area (Å²) < 4.78 is 11.3. The van der Waals surface area contributed by atoms with E-state index in [-0.39, 0.29) is 0 Å². The molecule has 1 atom stereocenters. The van der Waals surface area contributed by atoms with Crippen molar-refractivity contribution in [3.8, 4) is 11.5 Å². The van der Waals surface area contributed by atoms with Crippen LogP contribution in [0.3, 0.4) is 0 Å². The van der Waals surface area contributed by atoms with E-state index in [0.29, 0.717) is 24.3 Å². The molecule has 0 bridgehead atoms. The Morgan fingerprint density at radius 2 is 1.52 bits per heavy atom. The van der Waals surface area contributed by atoms with Crippen LogP contribution in [0, 0.1) is 11.8 Å². The average Bonchev–Trinajstić information content (AvgIpc) is 2.53. The highest BCUT2D eigenvalue weighted by Crippen LogP contribution is 2.33. The molecule has 0 N–H and O–H groups in total. The van der Waals surface area contributed by atoms with Gasteiger partial charge < -0.3 is 9.47 Å². The Morgan fingerprint density at radius 3 is 2.09 bits per heavy atom. The van der Waals surface area contributed by atoms with Crippen molar-refractivity contribution in [1.29, 1.82) is 0 Å². The number of benzene rings is 1. The van der Waals surface area contributed by atoms with E-state index in [9.17, 15) is 0 Å². The van der Waals surface area contributed by atoms with E-state index in [2.05, 4.69) is 20.8 Å². The third kappa shape index (κ3) is 6.81. The number of hydrogen-bond donors (Lipinski definition) is 0. The highest BCUT2D eigenvalue weighted by Gasteiger charge is 2.14. The van der Waals surface area contributed by atoms with Crippen molar-refractivity contribution in [2.24, 2.45) is 11.8 Å². The number of hydrogen-bond acceptors (Lipinski definition) is 2. The second-order valence-corrected chi connectivity index (χ2v) is 7.09. The van der Waals surface area contributed by atoms with Gasteiger partial charge in [0.25, 0.3) is 0 Å². The zero-order valence-electron chi connectivity index (χ0n) is 14.8. The first-order valence-corrected chi connectivity index (χ1v) is 9.53. The van der Waals surface area contributed by atoms with Gasteiger partial charge in [-0.15, -0.1) is 23.2 Å². The molecule has 1 aromatic rings. The summed E-state index contributed by atoms with van der Waals surface area (Å²) in [5, 5.41) is 0. The Kier molecular flexibility index (Phi) is 9.81. The fourth-order valence-corrected chi connectivity index (χ4v) is 3.24. The summed E-state index contributed by atoms with van der Waals surface area (Å²) in [6.07, 6.45) is 4.92. The first kappa shape index (κ1) is 20.4. The average molecular weight is 361 g/mol. The molecule has 0 fully saturated rings. The summed E-state index contributed by atoms with van der Waals surface area (Å²) in [6, 6.07) is 3.82. The molecule has 0 amide bonds. The number of methoxy groups -OCH3 is 1. The molecule has 0 aromatic heterocycles. The first-order chi connectivity index (χ1) is 11.0. The molecule has 0 aliphatic carbocycles. The topological polar surface area (TPSA) is 18.5 Å². The molecule has 23 heavy (non-hydrogen) atoms. The SMILES string of the molecule is COc1ccc(OCCC(C)CCCC(C)C)c(CCl)c1CCl. The van der Waals surface area contributed by atoms with Crippen molar-refractivity contribution < 1.29 is 9.47 Å². The lowest BCUT2D eigenvalue weighted by Gasteiger charge is -2.17. The Morgan fingerprint density at radius 1 is 0.913 bits per heavy atom. The molecule has 0 saturated carbocycles. The van der Waals surface area contributed by atoms with Crippen LogP contribution in [0.2, 0.25) is 0 Å². The van der Waals surface area contributed by atoms with Gasteiger partial charge in [-0.2, -0.15) is 0 Å². The molecule has 4 heteroatoms. The molecule has 0 spiro atoms. The lowest BCUT2D eigenvalue weighted by Crippen LogP contribution is -2.07. The van der Waals surface area contributed by atoms with E-state index in [1.807, 2.05) is 12.1 Å². The van der Waals surface area contributed by atoms with E-state index in [1.54, 1.807) is 7.11 Å². The first-order valence-electron chi connectivity index (χ1n) is 8.46. The maximum atomic E-state index is 6.09. The van der Waals surface area contributed by atoms with Gasteiger partial charge in [-0.25, -0.2) is 0 Å². The minimum Gasteiger partial charge on any atom is -0.496 e. The Hall–Kier alpha value is -0.600. The van der Waals surface area contributed by atoms with Crippen molar-refractivity contribution in [3.05, 3.63) is 23.3 Å². The van der Waals surface area contributed by atoms with Gasteiger partial charge >= 0.3 is 0 Å². The minimum absolute atomic E-state index is 0.369. The quantitative estimate of drug-likeness (QED) is 0.424. The normalized spacial score (nSPS) is 12.5. The molecule has 1 aromatic carbocycles. The van der Waals surface area contributed by atoms with Crippen LogP contribution < -0.4 is 9.47 Å². The van der Waals surface area contributed by atoms with Crippen molar-refractivity contribution >= 4 is 23.2 Å². The zero-order chi connectivity index (χ0) is 17.2. The number of halogens is 2. The molecule has 0 radical (unpaired) electrons. The maximum absolute atomic E-state index is 6.09. The summed E-state index contributed by atoms with van der Waals surface area (Å²) >= 11 is 12.1. The summed E-state index contributed by atoms with van der Waals surface area (Å²) in [6.45, 7) is 7.56. The van der Waals surface area contributed by atoms with E-state index >= 15 is 0 Å². The van der Waals surface area contributed by atoms with Gasteiger partial charge in [0.1, 0.15) is 11.5 Å². The van der Waals surface area contributed by atoms with E-state index in [4.69, 9.17) is 32.7 Å². The van der Waals surface area contributed by atoms with Gasteiger partial charge in [-0.1, -0.05) is 40.0 Å². The van der Waals surface area contributed by atoms with Crippen LogP contribution in [0.4, 0.5) is 0 Å². The van der Waals surface area contributed by atoms with E-state index < -0.39 is 0 Å². The lowest BCUT2D eigenvalue weighted by atomic mass is 9.98. The number of rotatable bonds is 11. The van der Waals surface area contributed by atoms with Crippen molar-refractivity contribution in [2.75, 3.05) is 13.7 Å². The molecule has 0 saturated heterocycles. The van der Waals surface area contributed by atoms with Crippen LogP contribution in [-0.4, -0.2) is 13.7 Å². The monoisotopic (exact) mass is 360 g/mol. The van der Waals surface area contributed by atoms with Crippen LogP contribution in [0.25, 0.3) is 0 Å². The Bertz CT molecular complexity index is 461. The van der Waals surface area contributed by atoms with Gasteiger partial charge in [0, 0.05) is 11.1 Å². The van der Waals surface area contributed by atoms with Gasteiger partial charge in [0.15, 0.2) is 0 Å². The van der Waals surface area contributed by atoms with Gasteiger partial charge in [-0.05, 0) is 30.4 Å². The highest BCUT2D eigenvalue weighted by atomic mass is 35.5. The van der Waals surface area contributed by atoms with Crippen molar-refractivity contribution in [1.82, 2.24) is 0 Å². The molecule has 0 aliphatic rings.